The van der Waals surface area contributed by atoms with E-state index in [4.69, 9.17) is 0 Å². The lowest BCUT2D eigenvalue weighted by molar-refractivity contribution is -0.384. The van der Waals surface area contributed by atoms with Gasteiger partial charge in [-0.3, -0.25) is 10.1 Å². The highest BCUT2D eigenvalue weighted by Gasteiger charge is 2.22. The van der Waals surface area contributed by atoms with Crippen LogP contribution in [-0.4, -0.2) is 23.5 Å². The van der Waals surface area contributed by atoms with Gasteiger partial charge in [0.15, 0.2) is 0 Å². The fourth-order valence-corrected chi connectivity index (χ4v) is 2.62. The Bertz CT molecular complexity index is 464. The molecule has 19 heavy (non-hydrogen) atoms. The van der Waals surface area contributed by atoms with Crippen LogP contribution in [0.4, 0.5) is 17.3 Å². The Hall–Kier alpha value is -1.85. The number of nitro groups is 1. The van der Waals surface area contributed by atoms with Crippen LogP contribution in [0.5, 0.6) is 0 Å². The van der Waals surface area contributed by atoms with Crippen LogP contribution in [0.2, 0.25) is 0 Å². The molecule has 0 saturated heterocycles. The summed E-state index contributed by atoms with van der Waals surface area (Å²) in [6.45, 7) is 3.01. The number of aromatic nitrogens is 1. The number of rotatable bonds is 5. The molecule has 1 aliphatic rings. The van der Waals surface area contributed by atoms with Crippen molar-refractivity contribution >= 4 is 17.3 Å². The van der Waals surface area contributed by atoms with E-state index in [0.29, 0.717) is 17.6 Å². The SMILES string of the molecule is CNc1ccc([N+](=O)[O-])c(NCC2CCC(C)C2)n1. The van der Waals surface area contributed by atoms with Crippen LogP contribution in [0.1, 0.15) is 26.2 Å². The lowest BCUT2D eigenvalue weighted by Crippen LogP contribution is -2.14. The first kappa shape index (κ1) is 13.6. The summed E-state index contributed by atoms with van der Waals surface area (Å²) in [5, 5.41) is 17.0. The molecule has 1 saturated carbocycles. The molecule has 0 amide bonds. The molecule has 6 nitrogen and oxygen atoms in total. The van der Waals surface area contributed by atoms with Gasteiger partial charge >= 0.3 is 5.69 Å². The normalized spacial score (nSPS) is 22.2. The zero-order chi connectivity index (χ0) is 13.8. The zero-order valence-corrected chi connectivity index (χ0v) is 11.3. The predicted molar refractivity (Wildman–Crippen MR) is 75.4 cm³/mol. The third kappa shape index (κ3) is 3.33. The second-order valence-electron chi connectivity index (χ2n) is 5.24. The van der Waals surface area contributed by atoms with Crippen molar-refractivity contribution in [2.45, 2.75) is 26.2 Å². The summed E-state index contributed by atoms with van der Waals surface area (Å²) in [4.78, 5) is 14.8. The van der Waals surface area contributed by atoms with Crippen molar-refractivity contribution in [1.29, 1.82) is 0 Å². The minimum atomic E-state index is -0.397. The van der Waals surface area contributed by atoms with Crippen molar-refractivity contribution in [3.63, 3.8) is 0 Å². The fraction of sp³-hybridized carbons (Fsp3) is 0.615. The lowest BCUT2D eigenvalue weighted by atomic mass is 10.1. The van der Waals surface area contributed by atoms with Gasteiger partial charge in [-0.1, -0.05) is 13.3 Å². The van der Waals surface area contributed by atoms with Crippen LogP contribution in [-0.2, 0) is 0 Å². The first-order valence-electron chi connectivity index (χ1n) is 6.67. The summed E-state index contributed by atoms with van der Waals surface area (Å²) in [5.74, 6) is 2.34. The molecule has 6 heteroatoms. The molecule has 1 heterocycles. The molecule has 0 bridgehead atoms. The van der Waals surface area contributed by atoms with Crippen LogP contribution in [0.25, 0.3) is 0 Å². The minimum absolute atomic E-state index is 0.0324. The average molecular weight is 264 g/mol. The Labute approximate surface area is 112 Å². The van der Waals surface area contributed by atoms with E-state index in [1.54, 1.807) is 13.1 Å². The summed E-state index contributed by atoms with van der Waals surface area (Å²) in [6.07, 6.45) is 3.62. The quantitative estimate of drug-likeness (QED) is 0.631. The number of hydrogen-bond donors (Lipinski definition) is 2. The first-order valence-corrected chi connectivity index (χ1v) is 6.67. The van der Waals surface area contributed by atoms with Gasteiger partial charge in [-0.2, -0.15) is 0 Å². The maximum Gasteiger partial charge on any atom is 0.311 e. The fourth-order valence-electron chi connectivity index (χ4n) is 2.62. The molecular weight excluding hydrogens is 244 g/mol. The Balaban J connectivity index is 2.06. The van der Waals surface area contributed by atoms with E-state index in [9.17, 15) is 10.1 Å². The molecule has 2 unspecified atom stereocenters. The Kier molecular flexibility index (Phi) is 4.19. The summed E-state index contributed by atoms with van der Waals surface area (Å²) < 4.78 is 0. The van der Waals surface area contributed by atoms with E-state index in [1.807, 2.05) is 0 Å². The smallest absolute Gasteiger partial charge is 0.311 e. The highest BCUT2D eigenvalue weighted by atomic mass is 16.6. The second kappa shape index (κ2) is 5.86. The van der Waals surface area contributed by atoms with Gasteiger partial charge in [-0.15, -0.1) is 0 Å². The van der Waals surface area contributed by atoms with Crippen LogP contribution in [0, 0.1) is 22.0 Å². The van der Waals surface area contributed by atoms with Crippen molar-refractivity contribution in [1.82, 2.24) is 4.98 Å². The number of pyridine rings is 1. The van der Waals surface area contributed by atoms with E-state index < -0.39 is 4.92 Å². The third-order valence-electron chi connectivity index (χ3n) is 3.69. The van der Waals surface area contributed by atoms with Gasteiger partial charge in [0.1, 0.15) is 5.82 Å². The van der Waals surface area contributed by atoms with Crippen molar-refractivity contribution < 1.29 is 4.92 Å². The maximum atomic E-state index is 11.0. The van der Waals surface area contributed by atoms with E-state index in [0.717, 1.165) is 12.5 Å². The van der Waals surface area contributed by atoms with E-state index >= 15 is 0 Å². The van der Waals surface area contributed by atoms with Crippen molar-refractivity contribution in [2.75, 3.05) is 24.2 Å². The van der Waals surface area contributed by atoms with Crippen molar-refractivity contribution in [3.8, 4) is 0 Å². The Morgan fingerprint density at radius 1 is 1.47 bits per heavy atom. The summed E-state index contributed by atoms with van der Waals surface area (Å²) >= 11 is 0. The molecule has 1 fully saturated rings. The topological polar surface area (TPSA) is 80.1 Å². The van der Waals surface area contributed by atoms with E-state index in [1.165, 1.54) is 25.3 Å². The molecule has 2 atom stereocenters. The maximum absolute atomic E-state index is 11.0. The van der Waals surface area contributed by atoms with Crippen LogP contribution < -0.4 is 10.6 Å². The largest absolute Gasteiger partial charge is 0.373 e. The Morgan fingerprint density at radius 3 is 2.84 bits per heavy atom. The minimum Gasteiger partial charge on any atom is -0.373 e. The summed E-state index contributed by atoms with van der Waals surface area (Å²) in [6, 6.07) is 3.10. The van der Waals surface area contributed by atoms with Crippen LogP contribution in [0.3, 0.4) is 0 Å². The lowest BCUT2D eigenvalue weighted by Gasteiger charge is -2.12. The average Bonchev–Trinajstić information content (AvgIpc) is 2.81. The molecule has 1 aromatic heterocycles. The summed E-state index contributed by atoms with van der Waals surface area (Å²) in [5.41, 5.74) is 0.0324. The zero-order valence-electron chi connectivity index (χ0n) is 11.3. The molecule has 0 spiro atoms. The molecule has 0 aromatic carbocycles. The second-order valence-corrected chi connectivity index (χ2v) is 5.24. The Morgan fingerprint density at radius 2 is 2.26 bits per heavy atom. The van der Waals surface area contributed by atoms with E-state index in [-0.39, 0.29) is 5.69 Å². The van der Waals surface area contributed by atoms with Gasteiger partial charge in [-0.05, 0) is 30.7 Å². The monoisotopic (exact) mass is 264 g/mol. The van der Waals surface area contributed by atoms with Crippen molar-refractivity contribution in [2.24, 2.45) is 11.8 Å². The molecule has 1 aromatic rings. The third-order valence-corrected chi connectivity index (χ3v) is 3.69. The number of nitrogens with zero attached hydrogens (tertiary/aromatic N) is 2. The van der Waals surface area contributed by atoms with Gasteiger partial charge in [0.2, 0.25) is 5.82 Å². The van der Waals surface area contributed by atoms with Crippen LogP contribution >= 0.6 is 0 Å². The molecular formula is C13H20N4O2. The molecule has 2 rings (SSSR count). The summed E-state index contributed by atoms with van der Waals surface area (Å²) in [7, 11) is 1.75. The van der Waals surface area contributed by atoms with Crippen molar-refractivity contribution in [3.05, 3.63) is 22.2 Å². The molecule has 0 radical (unpaired) electrons. The first-order chi connectivity index (χ1) is 9.10. The highest BCUT2D eigenvalue weighted by Crippen LogP contribution is 2.31. The predicted octanol–water partition coefficient (Wildman–Crippen LogP) is 2.88. The highest BCUT2D eigenvalue weighted by molar-refractivity contribution is 5.60. The molecule has 2 N–H and O–H groups in total. The molecule has 0 aliphatic heterocycles. The van der Waals surface area contributed by atoms with Gasteiger partial charge in [0, 0.05) is 19.7 Å². The van der Waals surface area contributed by atoms with Gasteiger partial charge in [0.25, 0.3) is 0 Å². The number of hydrogen-bond acceptors (Lipinski definition) is 5. The van der Waals surface area contributed by atoms with Gasteiger partial charge < -0.3 is 10.6 Å². The van der Waals surface area contributed by atoms with Gasteiger partial charge in [0.05, 0.1) is 4.92 Å². The van der Waals surface area contributed by atoms with Crippen LogP contribution in [0.15, 0.2) is 12.1 Å². The standard InChI is InChI=1S/C13H20N4O2/c1-9-3-4-10(7-9)8-15-13-11(17(18)19)5-6-12(14-2)16-13/h5-6,9-10H,3-4,7-8H2,1-2H3,(H2,14,15,16). The molecule has 104 valence electrons. The number of anilines is 2. The van der Waals surface area contributed by atoms with Gasteiger partial charge in [-0.25, -0.2) is 4.98 Å². The van der Waals surface area contributed by atoms with E-state index in [2.05, 4.69) is 22.5 Å². The molecule has 1 aliphatic carbocycles. The number of nitrogens with one attached hydrogen (secondary N) is 2.